The summed E-state index contributed by atoms with van der Waals surface area (Å²) in [6.07, 6.45) is -0.0207. The number of likely N-dealkylation sites (tertiary alicyclic amines) is 1. The summed E-state index contributed by atoms with van der Waals surface area (Å²) in [6.45, 7) is 0.206. The van der Waals surface area contributed by atoms with Gasteiger partial charge in [0.1, 0.15) is 11.6 Å². The molecule has 2 rings (SSSR count). The number of ether oxygens (including phenoxy) is 1. The van der Waals surface area contributed by atoms with Crippen LogP contribution in [0.5, 0.6) is 5.75 Å². The van der Waals surface area contributed by atoms with Crippen LogP contribution in [0.3, 0.4) is 0 Å². The first-order valence-electron chi connectivity index (χ1n) is 5.84. The summed E-state index contributed by atoms with van der Waals surface area (Å²) >= 11 is 0. The van der Waals surface area contributed by atoms with Crippen molar-refractivity contribution in [2.24, 2.45) is 5.92 Å². The van der Waals surface area contributed by atoms with Crippen molar-refractivity contribution < 1.29 is 23.8 Å². The molecule has 6 heteroatoms. The van der Waals surface area contributed by atoms with Crippen LogP contribution in [-0.4, -0.2) is 35.5 Å². The number of benzene rings is 1. The Kier molecular flexibility index (Phi) is 3.69. The lowest BCUT2D eigenvalue weighted by molar-refractivity contribution is -0.141. The molecule has 1 amide bonds. The van der Waals surface area contributed by atoms with E-state index >= 15 is 0 Å². The molecule has 1 saturated heterocycles. The Morgan fingerprint density at radius 1 is 1.58 bits per heavy atom. The molecule has 0 bridgehead atoms. The third-order valence-electron chi connectivity index (χ3n) is 3.19. The Morgan fingerprint density at radius 2 is 2.32 bits per heavy atom. The van der Waals surface area contributed by atoms with Crippen LogP contribution in [-0.2, 0) is 16.1 Å². The normalized spacial score (nSPS) is 18.7. The molecule has 0 spiro atoms. The van der Waals surface area contributed by atoms with Crippen molar-refractivity contribution >= 4 is 11.9 Å². The number of carbonyl (C=O) groups is 2. The highest BCUT2D eigenvalue weighted by Crippen LogP contribution is 2.23. The van der Waals surface area contributed by atoms with Crippen molar-refractivity contribution in [3.8, 4) is 5.75 Å². The first-order chi connectivity index (χ1) is 9.01. The van der Waals surface area contributed by atoms with E-state index in [4.69, 9.17) is 9.84 Å². The van der Waals surface area contributed by atoms with E-state index in [9.17, 15) is 14.0 Å². The fraction of sp³-hybridized carbons (Fsp3) is 0.385. The molecule has 0 radical (unpaired) electrons. The lowest BCUT2D eigenvalue weighted by Gasteiger charge is -2.16. The largest absolute Gasteiger partial charge is 0.497 e. The number of carboxylic acid groups (broad SMARTS) is 1. The van der Waals surface area contributed by atoms with E-state index in [1.807, 2.05) is 0 Å². The van der Waals surface area contributed by atoms with E-state index in [1.54, 1.807) is 6.07 Å². The van der Waals surface area contributed by atoms with E-state index in [2.05, 4.69) is 0 Å². The van der Waals surface area contributed by atoms with Crippen molar-refractivity contribution in [3.63, 3.8) is 0 Å². The first kappa shape index (κ1) is 13.3. The fourth-order valence-electron chi connectivity index (χ4n) is 2.08. The Bertz CT molecular complexity index is 517. The summed E-state index contributed by atoms with van der Waals surface area (Å²) in [5, 5.41) is 8.87. The lowest BCUT2D eigenvalue weighted by atomic mass is 10.1. The van der Waals surface area contributed by atoms with Crippen LogP contribution in [0.25, 0.3) is 0 Å². The van der Waals surface area contributed by atoms with Gasteiger partial charge < -0.3 is 14.7 Å². The molecule has 1 heterocycles. The Labute approximate surface area is 109 Å². The second-order valence-electron chi connectivity index (χ2n) is 4.47. The van der Waals surface area contributed by atoms with E-state index in [1.165, 1.54) is 24.1 Å². The Balaban J connectivity index is 2.09. The van der Waals surface area contributed by atoms with E-state index in [0.29, 0.717) is 11.3 Å². The third-order valence-corrected chi connectivity index (χ3v) is 3.19. The molecule has 0 aromatic heterocycles. The molecule has 1 fully saturated rings. The van der Waals surface area contributed by atoms with Gasteiger partial charge in [0, 0.05) is 31.1 Å². The minimum Gasteiger partial charge on any atom is -0.497 e. The maximum absolute atomic E-state index is 13.7. The smallest absolute Gasteiger partial charge is 0.308 e. The number of hydrogen-bond donors (Lipinski definition) is 1. The van der Waals surface area contributed by atoms with Crippen LogP contribution in [0.15, 0.2) is 18.2 Å². The number of carboxylic acids is 1. The lowest BCUT2D eigenvalue weighted by Crippen LogP contribution is -2.26. The highest BCUT2D eigenvalue weighted by Gasteiger charge is 2.34. The van der Waals surface area contributed by atoms with Crippen LogP contribution in [0.2, 0.25) is 0 Å². The molecule has 1 unspecified atom stereocenters. The second-order valence-corrected chi connectivity index (χ2v) is 4.47. The molecule has 1 aliphatic heterocycles. The number of aliphatic carboxylic acids is 1. The topological polar surface area (TPSA) is 66.8 Å². The Morgan fingerprint density at radius 3 is 2.84 bits per heavy atom. The number of nitrogens with zero attached hydrogens (tertiary/aromatic N) is 1. The van der Waals surface area contributed by atoms with Gasteiger partial charge in [-0.3, -0.25) is 9.59 Å². The number of rotatable bonds is 4. The zero-order valence-corrected chi connectivity index (χ0v) is 10.4. The number of amides is 1. The van der Waals surface area contributed by atoms with Gasteiger partial charge in [0.2, 0.25) is 5.91 Å². The van der Waals surface area contributed by atoms with Crippen molar-refractivity contribution in [2.75, 3.05) is 13.7 Å². The molecule has 19 heavy (non-hydrogen) atoms. The van der Waals surface area contributed by atoms with Crippen molar-refractivity contribution in [3.05, 3.63) is 29.6 Å². The zero-order chi connectivity index (χ0) is 14.0. The van der Waals surface area contributed by atoms with Crippen molar-refractivity contribution in [1.29, 1.82) is 0 Å². The zero-order valence-electron chi connectivity index (χ0n) is 10.4. The monoisotopic (exact) mass is 267 g/mol. The van der Waals surface area contributed by atoms with E-state index in [-0.39, 0.29) is 25.4 Å². The summed E-state index contributed by atoms with van der Waals surface area (Å²) in [5.41, 5.74) is 0.347. The van der Waals surface area contributed by atoms with Gasteiger partial charge in [-0.1, -0.05) is 6.07 Å². The molecule has 1 aromatic rings. The van der Waals surface area contributed by atoms with Crippen molar-refractivity contribution in [1.82, 2.24) is 4.90 Å². The molecule has 0 aliphatic carbocycles. The van der Waals surface area contributed by atoms with Crippen molar-refractivity contribution in [2.45, 2.75) is 13.0 Å². The van der Waals surface area contributed by atoms with E-state index < -0.39 is 17.7 Å². The summed E-state index contributed by atoms with van der Waals surface area (Å²) in [5.74, 6) is -2.02. The predicted octanol–water partition coefficient (Wildman–Crippen LogP) is 1.27. The van der Waals surface area contributed by atoms with Gasteiger partial charge in [-0.25, -0.2) is 4.39 Å². The molecule has 1 atom stereocenters. The van der Waals surface area contributed by atoms with Crippen LogP contribution in [0, 0.1) is 11.7 Å². The summed E-state index contributed by atoms with van der Waals surface area (Å²) < 4.78 is 18.6. The van der Waals surface area contributed by atoms with Crippen LogP contribution >= 0.6 is 0 Å². The van der Waals surface area contributed by atoms with Gasteiger partial charge in [-0.15, -0.1) is 0 Å². The molecule has 0 saturated carbocycles. The van der Waals surface area contributed by atoms with Gasteiger partial charge in [-0.2, -0.15) is 0 Å². The molecule has 1 N–H and O–H groups in total. The van der Waals surface area contributed by atoms with Gasteiger partial charge in [0.05, 0.1) is 13.0 Å². The minimum atomic E-state index is -0.994. The summed E-state index contributed by atoms with van der Waals surface area (Å²) in [7, 11) is 1.44. The predicted molar refractivity (Wildman–Crippen MR) is 64.1 cm³/mol. The van der Waals surface area contributed by atoms with Gasteiger partial charge >= 0.3 is 5.97 Å². The third kappa shape index (κ3) is 2.83. The van der Waals surface area contributed by atoms with Crippen LogP contribution in [0.4, 0.5) is 4.39 Å². The molecule has 1 aliphatic rings. The molecular weight excluding hydrogens is 253 g/mol. The quantitative estimate of drug-likeness (QED) is 0.892. The van der Waals surface area contributed by atoms with Crippen LogP contribution in [0.1, 0.15) is 12.0 Å². The van der Waals surface area contributed by atoms with Crippen LogP contribution < -0.4 is 4.74 Å². The molecule has 1 aromatic carbocycles. The highest BCUT2D eigenvalue weighted by atomic mass is 19.1. The van der Waals surface area contributed by atoms with E-state index in [0.717, 1.165) is 0 Å². The Hall–Kier alpha value is -2.11. The maximum Gasteiger partial charge on any atom is 0.308 e. The molecule has 5 nitrogen and oxygen atoms in total. The fourth-order valence-corrected chi connectivity index (χ4v) is 2.08. The molecular formula is C13H14FNO4. The number of halogens is 1. The maximum atomic E-state index is 13.7. The number of methoxy groups -OCH3 is 1. The van der Waals surface area contributed by atoms with Gasteiger partial charge in [0.15, 0.2) is 0 Å². The SMILES string of the molecule is COc1ccc(CN2CC(C(=O)O)CC2=O)c(F)c1. The summed E-state index contributed by atoms with van der Waals surface area (Å²) in [6, 6.07) is 4.38. The van der Waals surface area contributed by atoms with Gasteiger partial charge in [0.25, 0.3) is 0 Å². The molecule has 102 valence electrons. The average Bonchev–Trinajstić information content (AvgIpc) is 2.73. The average molecular weight is 267 g/mol. The number of carbonyl (C=O) groups excluding carboxylic acids is 1. The minimum absolute atomic E-state index is 0.0207. The standard InChI is InChI=1S/C13H14FNO4/c1-19-10-3-2-8(11(14)5-10)6-15-7-9(13(17)18)4-12(15)16/h2-3,5,9H,4,6-7H2,1H3,(H,17,18). The summed E-state index contributed by atoms with van der Waals surface area (Å²) in [4.78, 5) is 23.8. The number of hydrogen-bond acceptors (Lipinski definition) is 3. The highest BCUT2D eigenvalue weighted by molar-refractivity contribution is 5.86. The van der Waals surface area contributed by atoms with Gasteiger partial charge in [-0.05, 0) is 6.07 Å². The second kappa shape index (κ2) is 5.26. The first-order valence-corrected chi connectivity index (χ1v) is 5.84.